The van der Waals surface area contributed by atoms with E-state index in [2.05, 4.69) is 28.2 Å². The summed E-state index contributed by atoms with van der Waals surface area (Å²) in [6.45, 7) is 4.15. The molecule has 3 nitrogen and oxygen atoms in total. The lowest BCUT2D eigenvalue weighted by atomic mass is 10.2. The molecule has 21 heavy (non-hydrogen) atoms. The third-order valence-electron chi connectivity index (χ3n) is 2.91. The average Bonchev–Trinajstić information content (AvgIpc) is 2.89. The summed E-state index contributed by atoms with van der Waals surface area (Å²) >= 11 is 15.5. The fraction of sp³-hybridized carbons (Fsp3) is 0.333. The smallest absolute Gasteiger partial charge is 0.139 e. The minimum atomic E-state index is 0.386. The zero-order valence-corrected chi connectivity index (χ0v) is 14.7. The lowest BCUT2D eigenvalue weighted by molar-refractivity contribution is 0.301. The van der Waals surface area contributed by atoms with Crippen molar-refractivity contribution >= 4 is 39.1 Å². The quantitative estimate of drug-likeness (QED) is 0.504. The Hall–Kier alpha value is -0.680. The van der Waals surface area contributed by atoms with Crippen molar-refractivity contribution in [3.8, 4) is 5.75 Å². The Kier molecular flexibility index (Phi) is 6.42. The van der Waals surface area contributed by atoms with Gasteiger partial charge in [0.2, 0.25) is 0 Å². The molecule has 0 spiro atoms. The average molecular weight is 393 g/mol. The topological polar surface area (TPSA) is 34.4 Å². The highest BCUT2D eigenvalue weighted by Gasteiger charge is 2.10. The SMILES string of the molecule is CCCNCc1occc1COc1cc(Cl)c(Br)cc1Cl. The molecule has 0 unspecified atom stereocenters. The van der Waals surface area contributed by atoms with Gasteiger partial charge in [-0.1, -0.05) is 30.1 Å². The van der Waals surface area contributed by atoms with Gasteiger partial charge in [-0.2, -0.15) is 0 Å². The molecule has 0 bridgehead atoms. The molecule has 0 atom stereocenters. The summed E-state index contributed by atoms with van der Waals surface area (Å²) in [7, 11) is 0. The van der Waals surface area contributed by atoms with Crippen LogP contribution in [0.25, 0.3) is 0 Å². The lowest BCUT2D eigenvalue weighted by Crippen LogP contribution is -2.14. The first-order valence-corrected chi connectivity index (χ1v) is 8.20. The van der Waals surface area contributed by atoms with Crippen molar-refractivity contribution in [1.29, 1.82) is 0 Å². The van der Waals surface area contributed by atoms with E-state index in [4.69, 9.17) is 32.4 Å². The maximum absolute atomic E-state index is 6.13. The van der Waals surface area contributed by atoms with Gasteiger partial charge in [-0.15, -0.1) is 0 Å². The van der Waals surface area contributed by atoms with Crippen LogP contribution in [0.4, 0.5) is 0 Å². The Bertz CT molecular complexity index is 601. The molecule has 2 rings (SSSR count). The van der Waals surface area contributed by atoms with Gasteiger partial charge in [-0.25, -0.2) is 0 Å². The lowest BCUT2D eigenvalue weighted by Gasteiger charge is -2.10. The Morgan fingerprint density at radius 2 is 2.10 bits per heavy atom. The van der Waals surface area contributed by atoms with Crippen molar-refractivity contribution in [3.05, 3.63) is 50.3 Å². The van der Waals surface area contributed by atoms with Gasteiger partial charge in [0.15, 0.2) is 0 Å². The molecule has 1 N–H and O–H groups in total. The number of hydrogen-bond donors (Lipinski definition) is 1. The van der Waals surface area contributed by atoms with E-state index in [0.29, 0.717) is 28.9 Å². The number of halogens is 3. The number of ether oxygens (including phenoxy) is 1. The van der Waals surface area contributed by atoms with Gasteiger partial charge in [0, 0.05) is 16.1 Å². The summed E-state index contributed by atoms with van der Waals surface area (Å²) in [5, 5.41) is 4.38. The van der Waals surface area contributed by atoms with Gasteiger partial charge in [-0.3, -0.25) is 0 Å². The Balaban J connectivity index is 2.00. The molecule has 1 heterocycles. The van der Waals surface area contributed by atoms with Crippen LogP contribution in [0.1, 0.15) is 24.7 Å². The predicted octanol–water partition coefficient (Wildman–Crippen LogP) is 5.43. The molecule has 0 saturated heterocycles. The van der Waals surface area contributed by atoms with E-state index in [9.17, 15) is 0 Å². The van der Waals surface area contributed by atoms with Crippen molar-refractivity contribution in [3.63, 3.8) is 0 Å². The largest absolute Gasteiger partial charge is 0.487 e. The fourth-order valence-corrected chi connectivity index (χ4v) is 2.65. The van der Waals surface area contributed by atoms with E-state index >= 15 is 0 Å². The molecule has 0 radical (unpaired) electrons. The van der Waals surface area contributed by atoms with Crippen LogP contribution in [0.3, 0.4) is 0 Å². The van der Waals surface area contributed by atoms with E-state index in [0.717, 1.165) is 28.8 Å². The summed E-state index contributed by atoms with van der Waals surface area (Å²) in [6.07, 6.45) is 2.75. The summed E-state index contributed by atoms with van der Waals surface area (Å²) in [6, 6.07) is 5.32. The molecule has 0 amide bonds. The van der Waals surface area contributed by atoms with Crippen molar-refractivity contribution in [2.75, 3.05) is 6.54 Å². The molecule has 1 aromatic carbocycles. The number of hydrogen-bond acceptors (Lipinski definition) is 3. The van der Waals surface area contributed by atoms with Gasteiger partial charge in [0.05, 0.1) is 22.9 Å². The normalized spacial score (nSPS) is 10.9. The summed E-state index contributed by atoms with van der Waals surface area (Å²) in [5.74, 6) is 1.43. The van der Waals surface area contributed by atoms with Gasteiger partial charge < -0.3 is 14.5 Å². The summed E-state index contributed by atoms with van der Waals surface area (Å²) in [5.41, 5.74) is 0.994. The molecular formula is C15H16BrCl2NO2. The fourth-order valence-electron chi connectivity index (χ4n) is 1.80. The minimum Gasteiger partial charge on any atom is -0.487 e. The molecule has 0 fully saturated rings. The van der Waals surface area contributed by atoms with Crippen LogP contribution in [0.15, 0.2) is 33.4 Å². The van der Waals surface area contributed by atoms with E-state index < -0.39 is 0 Å². The van der Waals surface area contributed by atoms with Crippen molar-refractivity contribution < 1.29 is 9.15 Å². The van der Waals surface area contributed by atoms with Crippen molar-refractivity contribution in [2.45, 2.75) is 26.5 Å². The van der Waals surface area contributed by atoms with E-state index in [1.807, 2.05) is 6.07 Å². The Morgan fingerprint density at radius 3 is 2.86 bits per heavy atom. The molecule has 1 aromatic heterocycles. The van der Waals surface area contributed by atoms with Crippen molar-refractivity contribution in [2.24, 2.45) is 0 Å². The number of rotatable bonds is 7. The van der Waals surface area contributed by atoms with Crippen LogP contribution in [0.5, 0.6) is 5.75 Å². The first kappa shape index (κ1) is 16.7. The zero-order chi connectivity index (χ0) is 15.2. The van der Waals surface area contributed by atoms with Crippen LogP contribution in [-0.4, -0.2) is 6.54 Å². The van der Waals surface area contributed by atoms with Crippen LogP contribution >= 0.6 is 39.1 Å². The Morgan fingerprint density at radius 1 is 1.29 bits per heavy atom. The molecule has 2 aromatic rings. The second kappa shape index (κ2) is 8.08. The minimum absolute atomic E-state index is 0.386. The van der Waals surface area contributed by atoms with Gasteiger partial charge in [-0.05, 0) is 41.0 Å². The molecule has 0 aliphatic carbocycles. The number of furan rings is 1. The highest BCUT2D eigenvalue weighted by Crippen LogP contribution is 2.34. The van der Waals surface area contributed by atoms with E-state index in [-0.39, 0.29) is 0 Å². The summed E-state index contributed by atoms with van der Waals surface area (Å²) in [4.78, 5) is 0. The molecule has 6 heteroatoms. The van der Waals surface area contributed by atoms with E-state index in [1.54, 1.807) is 18.4 Å². The standard InChI is InChI=1S/C15H16BrCl2NO2/c1-2-4-19-8-15-10(3-5-20-15)9-21-14-7-12(17)11(16)6-13(14)18/h3,5-7,19H,2,4,8-9H2,1H3. The molecule has 0 aliphatic heterocycles. The molecular weight excluding hydrogens is 377 g/mol. The third kappa shape index (κ3) is 4.65. The monoisotopic (exact) mass is 391 g/mol. The maximum atomic E-state index is 6.13. The van der Waals surface area contributed by atoms with Gasteiger partial charge in [0.1, 0.15) is 18.1 Å². The molecule has 114 valence electrons. The van der Waals surface area contributed by atoms with Crippen molar-refractivity contribution in [1.82, 2.24) is 5.32 Å². The third-order valence-corrected chi connectivity index (χ3v) is 4.40. The van der Waals surface area contributed by atoms with Gasteiger partial charge in [0.25, 0.3) is 0 Å². The predicted molar refractivity (Wildman–Crippen MR) is 89.2 cm³/mol. The molecule has 0 saturated carbocycles. The number of nitrogens with one attached hydrogen (secondary N) is 1. The van der Waals surface area contributed by atoms with Crippen LogP contribution in [0.2, 0.25) is 10.0 Å². The second-order valence-electron chi connectivity index (χ2n) is 4.53. The van der Waals surface area contributed by atoms with Crippen LogP contribution in [-0.2, 0) is 13.2 Å². The second-order valence-corrected chi connectivity index (χ2v) is 6.20. The highest BCUT2D eigenvalue weighted by atomic mass is 79.9. The Labute approximate surface area is 142 Å². The highest BCUT2D eigenvalue weighted by molar-refractivity contribution is 9.10. The van der Waals surface area contributed by atoms with Gasteiger partial charge >= 0.3 is 0 Å². The number of benzene rings is 1. The molecule has 0 aliphatic rings. The first-order chi connectivity index (χ1) is 10.1. The maximum Gasteiger partial charge on any atom is 0.139 e. The summed E-state index contributed by atoms with van der Waals surface area (Å²) < 4.78 is 11.9. The zero-order valence-electron chi connectivity index (χ0n) is 11.6. The van der Waals surface area contributed by atoms with Crippen LogP contribution < -0.4 is 10.1 Å². The first-order valence-electron chi connectivity index (χ1n) is 6.65. The van der Waals surface area contributed by atoms with Crippen LogP contribution in [0, 0.1) is 0 Å². The van der Waals surface area contributed by atoms with E-state index in [1.165, 1.54) is 0 Å².